The normalized spacial score (nSPS) is 10.9. The summed E-state index contributed by atoms with van der Waals surface area (Å²) in [6.45, 7) is 0. The van der Waals surface area contributed by atoms with Gasteiger partial charge >= 0.3 is 12.2 Å². The minimum absolute atomic E-state index is 0.0811. The van der Waals surface area contributed by atoms with Gasteiger partial charge in [-0.25, -0.2) is 9.59 Å². The van der Waals surface area contributed by atoms with Gasteiger partial charge in [-0.3, -0.25) is 10.6 Å². The van der Waals surface area contributed by atoms with Crippen LogP contribution in [0.25, 0.3) is 22.3 Å². The second-order valence-corrected chi connectivity index (χ2v) is 15.5. The molecule has 0 aromatic heterocycles. The lowest BCUT2D eigenvalue weighted by Gasteiger charge is -2.20. The average Bonchev–Trinajstić information content (AvgIpc) is 3.13. The van der Waals surface area contributed by atoms with Gasteiger partial charge in [0.2, 0.25) is 0 Å². The highest BCUT2D eigenvalue weighted by Crippen LogP contribution is 2.54. The van der Waals surface area contributed by atoms with Crippen molar-refractivity contribution in [3.05, 3.63) is 137 Å². The molecule has 0 bridgehead atoms. The maximum atomic E-state index is 13.0. The second-order valence-electron chi connectivity index (χ2n) is 11.2. The molecule has 6 rings (SSSR count). The van der Waals surface area contributed by atoms with Gasteiger partial charge in [-0.05, 0) is 71.8 Å². The first kappa shape index (κ1) is 40.8. The number of carbonyl (C=O) groups is 2. The van der Waals surface area contributed by atoms with Crippen LogP contribution in [0.4, 0.5) is 21.0 Å². The van der Waals surface area contributed by atoms with E-state index in [1.807, 2.05) is 0 Å². The third-order valence-corrected chi connectivity index (χ3v) is 11.1. The predicted molar refractivity (Wildman–Crippen MR) is 223 cm³/mol. The summed E-state index contributed by atoms with van der Waals surface area (Å²) in [6.07, 6.45) is -1.78. The van der Waals surface area contributed by atoms with E-state index < -0.39 is 12.2 Å². The Morgan fingerprint density at radius 2 is 0.818 bits per heavy atom. The molecule has 8 nitrogen and oxygen atoms in total. The number of hydrogen-bond donors (Lipinski definition) is 4. The van der Waals surface area contributed by atoms with E-state index >= 15 is 0 Å². The summed E-state index contributed by atoms with van der Waals surface area (Å²) in [5, 5.41) is 25.1. The van der Waals surface area contributed by atoms with Gasteiger partial charge in [0.25, 0.3) is 0 Å². The molecule has 0 fully saturated rings. The number of aromatic hydroxyl groups is 2. The average molecular weight is 916 g/mol. The molecular formula is C38H20Cl8N2O6S. The molecule has 0 spiro atoms. The van der Waals surface area contributed by atoms with Crippen molar-refractivity contribution in [2.24, 2.45) is 0 Å². The molecule has 6 aromatic rings. The molecule has 4 N–H and O–H groups in total. The van der Waals surface area contributed by atoms with Crippen molar-refractivity contribution in [2.45, 2.75) is 9.79 Å². The van der Waals surface area contributed by atoms with Crippen molar-refractivity contribution in [3.63, 3.8) is 0 Å². The highest BCUT2D eigenvalue weighted by molar-refractivity contribution is 7.99. The van der Waals surface area contributed by atoms with E-state index in [-0.39, 0.29) is 85.4 Å². The number of phenols is 2. The van der Waals surface area contributed by atoms with Gasteiger partial charge in [-0.15, -0.1) is 0 Å². The van der Waals surface area contributed by atoms with Crippen LogP contribution in [0.5, 0.6) is 23.0 Å². The summed E-state index contributed by atoms with van der Waals surface area (Å²) >= 11 is 53.9. The Kier molecular flexibility index (Phi) is 13.0. The quantitative estimate of drug-likeness (QED) is 0.120. The molecule has 0 saturated heterocycles. The molecule has 17 heteroatoms. The Bertz CT molecular complexity index is 2260. The highest BCUT2D eigenvalue weighted by atomic mass is 35.5. The van der Waals surface area contributed by atoms with Crippen molar-refractivity contribution < 1.29 is 29.3 Å². The molecule has 2 amide bonds. The van der Waals surface area contributed by atoms with Crippen LogP contribution in [0.15, 0.2) is 107 Å². The molecule has 0 aliphatic carbocycles. The number of amides is 2. The van der Waals surface area contributed by atoms with Crippen molar-refractivity contribution in [2.75, 3.05) is 10.6 Å². The lowest BCUT2D eigenvalue weighted by molar-refractivity contribution is 0.214. The number of carbonyl (C=O) groups excluding carboxylic acids is 2. The monoisotopic (exact) mass is 912 g/mol. The first-order valence-electron chi connectivity index (χ1n) is 15.4. The SMILES string of the molecule is O=C(Nc1ccccc1)Oc1c(Cl)cc(Sc2cc(Cl)c(OC(=O)Nc3ccccc3)c(Cl)c2-c2cc(Cl)c(O)c(Cl)c2)c(-c2cc(Cl)c(O)c(Cl)c2)c1Cl. The van der Waals surface area contributed by atoms with Gasteiger partial charge < -0.3 is 19.7 Å². The molecule has 0 saturated carbocycles. The molecule has 0 aliphatic heterocycles. The Hall–Kier alpha value is -3.87. The topological polar surface area (TPSA) is 117 Å². The van der Waals surface area contributed by atoms with Gasteiger partial charge in [0.15, 0.2) is 23.0 Å². The van der Waals surface area contributed by atoms with Crippen molar-refractivity contribution in [1.82, 2.24) is 0 Å². The van der Waals surface area contributed by atoms with E-state index in [1.165, 1.54) is 36.4 Å². The van der Waals surface area contributed by atoms with E-state index in [1.54, 1.807) is 60.7 Å². The highest BCUT2D eigenvalue weighted by Gasteiger charge is 2.27. The Morgan fingerprint density at radius 1 is 0.491 bits per heavy atom. The van der Waals surface area contributed by atoms with E-state index in [0.717, 1.165) is 11.8 Å². The summed E-state index contributed by atoms with van der Waals surface area (Å²) < 4.78 is 11.2. The maximum absolute atomic E-state index is 13.0. The van der Waals surface area contributed by atoms with Gasteiger partial charge in [-0.1, -0.05) is 141 Å². The van der Waals surface area contributed by atoms with E-state index in [9.17, 15) is 19.8 Å². The van der Waals surface area contributed by atoms with Crippen molar-refractivity contribution >= 4 is 128 Å². The van der Waals surface area contributed by atoms with Crippen LogP contribution in [-0.2, 0) is 0 Å². The minimum atomic E-state index is -0.892. The Balaban J connectivity index is 1.51. The van der Waals surface area contributed by atoms with Crippen molar-refractivity contribution in [1.29, 1.82) is 0 Å². The molecule has 0 atom stereocenters. The van der Waals surface area contributed by atoms with Crippen LogP contribution < -0.4 is 20.1 Å². The summed E-state index contributed by atoms with van der Waals surface area (Å²) in [6, 6.07) is 25.6. The van der Waals surface area contributed by atoms with Crippen molar-refractivity contribution in [3.8, 4) is 45.3 Å². The number of benzene rings is 6. The molecule has 6 aromatic carbocycles. The maximum Gasteiger partial charge on any atom is 0.417 e. The minimum Gasteiger partial charge on any atom is -0.505 e. The number of para-hydroxylation sites is 2. The summed E-state index contributed by atoms with van der Waals surface area (Å²) in [7, 11) is 0. The van der Waals surface area contributed by atoms with Crippen LogP contribution in [0, 0.1) is 0 Å². The van der Waals surface area contributed by atoms with E-state index in [2.05, 4.69) is 10.6 Å². The first-order chi connectivity index (χ1) is 26.2. The van der Waals surface area contributed by atoms with Crippen LogP contribution >= 0.6 is 105 Å². The zero-order chi connectivity index (χ0) is 39.6. The fourth-order valence-corrected chi connectivity index (χ4v) is 8.83. The lowest BCUT2D eigenvalue weighted by atomic mass is 10.0. The fourth-order valence-electron chi connectivity index (χ4n) is 5.10. The van der Waals surface area contributed by atoms with Gasteiger partial charge in [0.05, 0.1) is 40.2 Å². The molecule has 0 heterocycles. The Morgan fingerprint density at radius 3 is 1.15 bits per heavy atom. The number of ether oxygens (including phenoxy) is 2. The van der Waals surface area contributed by atoms with Crippen LogP contribution in [-0.4, -0.2) is 22.4 Å². The molecule has 0 unspecified atom stereocenters. The number of phenolic OH excluding ortho intramolecular Hbond substituents is 2. The van der Waals surface area contributed by atoms with E-state index in [0.29, 0.717) is 21.2 Å². The third-order valence-electron chi connectivity index (χ3n) is 7.54. The zero-order valence-electron chi connectivity index (χ0n) is 27.2. The van der Waals surface area contributed by atoms with Crippen LogP contribution in [0.2, 0.25) is 40.2 Å². The van der Waals surface area contributed by atoms with Gasteiger partial charge in [0.1, 0.15) is 0 Å². The number of hydrogen-bond acceptors (Lipinski definition) is 7. The number of anilines is 2. The number of rotatable bonds is 8. The number of nitrogens with one attached hydrogen (secondary N) is 2. The van der Waals surface area contributed by atoms with Crippen LogP contribution in [0.3, 0.4) is 0 Å². The number of halogens is 8. The lowest BCUT2D eigenvalue weighted by Crippen LogP contribution is -2.17. The molecule has 280 valence electrons. The zero-order valence-corrected chi connectivity index (χ0v) is 34.1. The second kappa shape index (κ2) is 17.5. The molecule has 55 heavy (non-hydrogen) atoms. The third kappa shape index (κ3) is 9.24. The first-order valence-corrected chi connectivity index (χ1v) is 19.2. The largest absolute Gasteiger partial charge is 0.505 e. The fraction of sp³-hybridized carbons (Fsp3) is 0. The molecule has 0 radical (unpaired) electrons. The predicted octanol–water partition coefficient (Wildman–Crippen LogP) is 15.0. The summed E-state index contributed by atoms with van der Waals surface area (Å²) in [5.74, 6) is -1.17. The standard InChI is InChI=1S/C38H20Cl8N2O6S/c39-21-11-17(12-22(40)33(21)49)29-27(15-25(43)35(31(29)45)53-37(51)47-19-7-3-1-4-8-19)55-28-16-26(44)36(54-38(52)48-20-9-5-2-6-10-20)32(46)30(28)18-13-23(41)34(50)24(42)14-18/h1-16,49-50H,(H,47,51)(H,48,52). The molecular weight excluding hydrogens is 896 g/mol. The summed E-state index contributed by atoms with van der Waals surface area (Å²) in [5.41, 5.74) is 1.90. The summed E-state index contributed by atoms with van der Waals surface area (Å²) in [4.78, 5) is 26.6. The van der Waals surface area contributed by atoms with E-state index in [4.69, 9.17) is 102 Å². The van der Waals surface area contributed by atoms with Gasteiger partial charge in [0, 0.05) is 32.3 Å². The van der Waals surface area contributed by atoms with Gasteiger partial charge in [-0.2, -0.15) is 0 Å². The van der Waals surface area contributed by atoms with Crippen LogP contribution in [0.1, 0.15) is 0 Å². The smallest absolute Gasteiger partial charge is 0.417 e. The Labute approximate surface area is 357 Å². The molecule has 0 aliphatic rings.